The molecule has 0 spiro atoms. The number of halogens is 6. The van der Waals surface area contributed by atoms with Crippen LogP contribution in [0.3, 0.4) is 0 Å². The molecule has 0 aliphatic carbocycles. The van der Waals surface area contributed by atoms with E-state index in [9.17, 15) is 31.1 Å². The summed E-state index contributed by atoms with van der Waals surface area (Å²) in [4.78, 5) is 12.6. The monoisotopic (exact) mass is 518 g/mol. The Morgan fingerprint density at radius 1 is 0.639 bits per heavy atom. The molecule has 9 heteroatoms. The summed E-state index contributed by atoms with van der Waals surface area (Å²) in [6.07, 6.45) is -12.6. The minimum atomic E-state index is -4.59. The van der Waals surface area contributed by atoms with Crippen LogP contribution in [0.2, 0.25) is 0 Å². The molecular formula is C27H32F6O3. The number of ether oxygens (including phenoxy) is 2. The van der Waals surface area contributed by atoms with Gasteiger partial charge in [-0.05, 0) is 71.2 Å². The standard InChI is InChI=1S/C27H32F6O3/c1-15(19-13-17(26(28,29)30)9-11-21(19)24(3,4)5)35-23(34)36-16(2)20-14-18(27(31,32)33)10-12-22(20)25(6,7)8/h9-16H,1-8H3. The fraction of sp³-hybridized carbons (Fsp3) is 0.519. The van der Waals surface area contributed by atoms with Gasteiger partial charge < -0.3 is 9.47 Å². The van der Waals surface area contributed by atoms with Crippen molar-refractivity contribution in [2.24, 2.45) is 0 Å². The largest absolute Gasteiger partial charge is 0.509 e. The van der Waals surface area contributed by atoms with Gasteiger partial charge in [-0.15, -0.1) is 0 Å². The van der Waals surface area contributed by atoms with E-state index in [0.717, 1.165) is 24.3 Å². The van der Waals surface area contributed by atoms with E-state index in [1.807, 2.05) is 41.5 Å². The highest BCUT2D eigenvalue weighted by atomic mass is 19.4. The summed E-state index contributed by atoms with van der Waals surface area (Å²) in [6.45, 7) is 13.7. The first-order valence-electron chi connectivity index (χ1n) is 11.4. The molecule has 3 nitrogen and oxygen atoms in total. The summed E-state index contributed by atoms with van der Waals surface area (Å²) in [5.41, 5.74) is -1.44. The normalized spacial score (nSPS) is 14.8. The zero-order valence-electron chi connectivity index (χ0n) is 21.6. The van der Waals surface area contributed by atoms with Crippen molar-refractivity contribution in [3.63, 3.8) is 0 Å². The minimum absolute atomic E-state index is 0.163. The molecule has 0 radical (unpaired) electrons. The quantitative estimate of drug-likeness (QED) is 0.299. The van der Waals surface area contributed by atoms with Gasteiger partial charge in [0.15, 0.2) is 0 Å². The zero-order chi connectivity index (χ0) is 27.9. The Balaban J connectivity index is 2.36. The number of carbonyl (C=O) groups excluding carboxylic acids is 1. The zero-order valence-corrected chi connectivity index (χ0v) is 21.6. The van der Waals surface area contributed by atoms with Crippen molar-refractivity contribution >= 4 is 6.16 Å². The fourth-order valence-corrected chi connectivity index (χ4v) is 3.96. The Hall–Kier alpha value is -2.71. The van der Waals surface area contributed by atoms with E-state index in [1.165, 1.54) is 26.0 Å². The molecule has 2 rings (SSSR count). The lowest BCUT2D eigenvalue weighted by molar-refractivity contribution is -0.138. The van der Waals surface area contributed by atoms with Gasteiger partial charge in [-0.2, -0.15) is 26.3 Å². The maximum atomic E-state index is 13.3. The molecule has 2 atom stereocenters. The van der Waals surface area contributed by atoms with Gasteiger partial charge in [-0.1, -0.05) is 53.7 Å². The van der Waals surface area contributed by atoms with E-state index >= 15 is 0 Å². The molecule has 0 saturated heterocycles. The van der Waals surface area contributed by atoms with E-state index in [-0.39, 0.29) is 11.1 Å². The van der Waals surface area contributed by atoms with Crippen LogP contribution in [0, 0.1) is 0 Å². The van der Waals surface area contributed by atoms with Crippen molar-refractivity contribution in [2.45, 2.75) is 90.8 Å². The van der Waals surface area contributed by atoms with Gasteiger partial charge in [0.1, 0.15) is 12.2 Å². The third kappa shape index (κ3) is 7.17. The number of hydrogen-bond donors (Lipinski definition) is 0. The molecule has 0 heterocycles. The smallest absolute Gasteiger partial charge is 0.426 e. The highest BCUT2D eigenvalue weighted by molar-refractivity contribution is 5.61. The Bertz CT molecular complexity index is 1000. The van der Waals surface area contributed by atoms with Crippen LogP contribution in [-0.4, -0.2) is 6.16 Å². The second kappa shape index (κ2) is 9.98. The van der Waals surface area contributed by atoms with Crippen LogP contribution in [0.1, 0.15) is 101 Å². The van der Waals surface area contributed by atoms with Gasteiger partial charge in [0.2, 0.25) is 0 Å². The molecule has 200 valence electrons. The number of rotatable bonds is 4. The van der Waals surface area contributed by atoms with Crippen molar-refractivity contribution in [3.05, 3.63) is 69.8 Å². The summed E-state index contributed by atoms with van der Waals surface area (Å²) in [6, 6.07) is 6.52. The first kappa shape index (κ1) is 29.5. The molecule has 2 aromatic carbocycles. The van der Waals surface area contributed by atoms with Gasteiger partial charge in [0.25, 0.3) is 0 Å². The average molecular weight is 519 g/mol. The van der Waals surface area contributed by atoms with Crippen molar-refractivity contribution < 1.29 is 40.6 Å². The molecule has 0 N–H and O–H groups in total. The Labute approximate surface area is 207 Å². The molecule has 0 bridgehead atoms. The van der Waals surface area contributed by atoms with E-state index in [2.05, 4.69) is 0 Å². The Morgan fingerprint density at radius 3 is 1.19 bits per heavy atom. The average Bonchev–Trinajstić information content (AvgIpc) is 2.70. The molecule has 0 aromatic heterocycles. The van der Waals surface area contributed by atoms with Gasteiger partial charge in [0.05, 0.1) is 11.1 Å². The number of carbonyl (C=O) groups is 1. The van der Waals surface area contributed by atoms with Gasteiger partial charge in [-0.25, -0.2) is 4.79 Å². The lowest BCUT2D eigenvalue weighted by Gasteiger charge is -2.28. The van der Waals surface area contributed by atoms with Crippen molar-refractivity contribution in [1.82, 2.24) is 0 Å². The number of hydrogen-bond acceptors (Lipinski definition) is 3. The summed E-state index contributed by atoms with van der Waals surface area (Å²) in [5, 5.41) is 0. The third-order valence-electron chi connectivity index (χ3n) is 5.80. The maximum absolute atomic E-state index is 13.3. The van der Waals surface area contributed by atoms with Crippen molar-refractivity contribution in [1.29, 1.82) is 0 Å². The lowest BCUT2D eigenvalue weighted by Crippen LogP contribution is -2.22. The number of benzene rings is 2. The highest BCUT2D eigenvalue weighted by Crippen LogP contribution is 2.39. The second-order valence-electron chi connectivity index (χ2n) is 10.9. The minimum Gasteiger partial charge on any atom is -0.426 e. The predicted molar refractivity (Wildman–Crippen MR) is 125 cm³/mol. The summed E-state index contributed by atoms with van der Waals surface area (Å²) < 4.78 is 90.5. The summed E-state index contributed by atoms with van der Waals surface area (Å²) in [7, 11) is 0. The van der Waals surface area contributed by atoms with Crippen LogP contribution in [0.5, 0.6) is 0 Å². The van der Waals surface area contributed by atoms with Gasteiger partial charge in [-0.3, -0.25) is 0 Å². The van der Waals surface area contributed by atoms with Crippen molar-refractivity contribution in [3.8, 4) is 0 Å². The molecule has 0 amide bonds. The van der Waals surface area contributed by atoms with Crippen LogP contribution >= 0.6 is 0 Å². The molecule has 0 aliphatic rings. The molecular weight excluding hydrogens is 486 g/mol. The first-order valence-corrected chi connectivity index (χ1v) is 11.4. The van der Waals surface area contributed by atoms with Crippen LogP contribution in [-0.2, 0) is 32.7 Å². The molecule has 36 heavy (non-hydrogen) atoms. The predicted octanol–water partition coefficient (Wildman–Crippen LogP) is 9.29. The van der Waals surface area contributed by atoms with Gasteiger partial charge >= 0.3 is 18.5 Å². The molecule has 0 fully saturated rings. The van der Waals surface area contributed by atoms with Crippen LogP contribution < -0.4 is 0 Å². The van der Waals surface area contributed by atoms with Crippen LogP contribution in [0.15, 0.2) is 36.4 Å². The van der Waals surface area contributed by atoms with Gasteiger partial charge in [0, 0.05) is 0 Å². The van der Waals surface area contributed by atoms with E-state index in [0.29, 0.717) is 11.1 Å². The van der Waals surface area contributed by atoms with E-state index in [1.54, 1.807) is 0 Å². The first-order chi connectivity index (χ1) is 16.1. The molecule has 2 aromatic rings. The topological polar surface area (TPSA) is 35.5 Å². The van der Waals surface area contributed by atoms with E-state index < -0.39 is 52.7 Å². The van der Waals surface area contributed by atoms with Crippen LogP contribution in [0.4, 0.5) is 31.1 Å². The Morgan fingerprint density at radius 2 is 0.944 bits per heavy atom. The summed E-state index contributed by atoms with van der Waals surface area (Å²) in [5.74, 6) is 0. The molecule has 2 unspecified atom stereocenters. The third-order valence-corrected chi connectivity index (χ3v) is 5.80. The number of alkyl halides is 6. The molecule has 0 aliphatic heterocycles. The molecule has 0 saturated carbocycles. The van der Waals surface area contributed by atoms with E-state index in [4.69, 9.17) is 9.47 Å². The highest BCUT2D eigenvalue weighted by Gasteiger charge is 2.35. The maximum Gasteiger partial charge on any atom is 0.509 e. The van der Waals surface area contributed by atoms with Crippen molar-refractivity contribution in [2.75, 3.05) is 0 Å². The SMILES string of the molecule is CC(OC(=O)OC(C)c1cc(C(F)(F)F)ccc1C(C)(C)C)c1cc(C(F)(F)F)ccc1C(C)(C)C. The van der Waals surface area contributed by atoms with Crippen LogP contribution in [0.25, 0.3) is 0 Å². The summed E-state index contributed by atoms with van der Waals surface area (Å²) >= 11 is 0. The fourth-order valence-electron chi connectivity index (χ4n) is 3.96. The second-order valence-corrected chi connectivity index (χ2v) is 10.9. The lowest BCUT2D eigenvalue weighted by atomic mass is 9.81. The Kier molecular flexibility index (Phi) is 8.18.